The highest BCUT2D eigenvalue weighted by molar-refractivity contribution is 7.93. The van der Waals surface area contributed by atoms with Crippen molar-refractivity contribution in [3.05, 3.63) is 65.7 Å². The van der Waals surface area contributed by atoms with E-state index < -0.39 is 40.5 Å². The van der Waals surface area contributed by atoms with Gasteiger partial charge >= 0.3 is 0 Å². The number of hydrogen-bond donors (Lipinski definition) is 2. The molecule has 9 heteroatoms. The Morgan fingerprint density at radius 1 is 1.00 bits per heavy atom. The second-order valence-electron chi connectivity index (χ2n) is 5.60. The van der Waals surface area contributed by atoms with Crippen LogP contribution in [0.1, 0.15) is 22.8 Å². The number of nitrogens with two attached hydrogens (primary N) is 2. The molecule has 0 saturated heterocycles. The SMILES string of the molecule is C=C(C)C#Cc1ccc(C(N)=O)c(S(=O)(=O)c2ccccc2S(N)(=O)=O)c1. The highest BCUT2D eigenvalue weighted by Crippen LogP contribution is 2.29. The summed E-state index contributed by atoms with van der Waals surface area (Å²) in [6, 6.07) is 8.64. The van der Waals surface area contributed by atoms with Gasteiger partial charge in [0.05, 0.1) is 15.4 Å². The number of primary sulfonamides is 1. The van der Waals surface area contributed by atoms with Crippen molar-refractivity contribution in [1.29, 1.82) is 0 Å². The second-order valence-corrected chi connectivity index (χ2v) is 9.02. The number of amides is 1. The van der Waals surface area contributed by atoms with Crippen LogP contribution in [0, 0.1) is 11.8 Å². The Kier molecular flexibility index (Phi) is 5.56. The molecule has 0 saturated carbocycles. The van der Waals surface area contributed by atoms with Crippen LogP contribution in [0.3, 0.4) is 0 Å². The number of carbonyl (C=O) groups excluding carboxylic acids is 1. The molecular formula is C18H16N2O5S2. The Hall–Kier alpha value is -2.93. The van der Waals surface area contributed by atoms with Crippen LogP contribution in [0.2, 0.25) is 0 Å². The molecule has 0 heterocycles. The third-order valence-corrected chi connectivity index (χ3v) is 6.35. The molecule has 140 valence electrons. The van der Waals surface area contributed by atoms with Crippen molar-refractivity contribution < 1.29 is 21.6 Å². The van der Waals surface area contributed by atoms with Crippen LogP contribution in [-0.4, -0.2) is 22.7 Å². The lowest BCUT2D eigenvalue weighted by Crippen LogP contribution is -2.20. The zero-order chi connectivity index (χ0) is 20.4. The molecule has 27 heavy (non-hydrogen) atoms. The Morgan fingerprint density at radius 2 is 1.59 bits per heavy atom. The fourth-order valence-corrected chi connectivity index (χ4v) is 5.09. The van der Waals surface area contributed by atoms with Crippen molar-refractivity contribution in [3.63, 3.8) is 0 Å². The number of rotatable bonds is 4. The van der Waals surface area contributed by atoms with Gasteiger partial charge in [0.2, 0.25) is 25.8 Å². The maximum absolute atomic E-state index is 13.1. The smallest absolute Gasteiger partial charge is 0.250 e. The van der Waals surface area contributed by atoms with E-state index in [1.54, 1.807) is 6.92 Å². The van der Waals surface area contributed by atoms with Crippen molar-refractivity contribution in [1.82, 2.24) is 0 Å². The largest absolute Gasteiger partial charge is 0.366 e. The van der Waals surface area contributed by atoms with Gasteiger partial charge < -0.3 is 5.73 Å². The maximum Gasteiger partial charge on any atom is 0.250 e. The molecule has 0 atom stereocenters. The molecule has 0 spiro atoms. The van der Waals surface area contributed by atoms with E-state index in [2.05, 4.69) is 18.4 Å². The molecular weight excluding hydrogens is 388 g/mol. The van der Waals surface area contributed by atoms with Crippen molar-refractivity contribution in [2.45, 2.75) is 21.6 Å². The highest BCUT2D eigenvalue weighted by atomic mass is 32.2. The van der Waals surface area contributed by atoms with Crippen molar-refractivity contribution >= 4 is 25.8 Å². The first kappa shape index (κ1) is 20.4. The van der Waals surface area contributed by atoms with Crippen LogP contribution >= 0.6 is 0 Å². The number of sulfonamides is 1. The minimum absolute atomic E-state index is 0.287. The zero-order valence-electron chi connectivity index (χ0n) is 14.3. The number of allylic oxidation sites excluding steroid dienone is 1. The van der Waals surface area contributed by atoms with Gasteiger partial charge in [-0.05, 0) is 42.8 Å². The van der Waals surface area contributed by atoms with Gasteiger partial charge in [-0.2, -0.15) is 0 Å². The van der Waals surface area contributed by atoms with Gasteiger partial charge in [0.15, 0.2) is 0 Å². The second kappa shape index (κ2) is 7.36. The lowest BCUT2D eigenvalue weighted by Gasteiger charge is -2.12. The van der Waals surface area contributed by atoms with E-state index in [9.17, 15) is 21.6 Å². The molecule has 0 bridgehead atoms. The summed E-state index contributed by atoms with van der Waals surface area (Å²) in [5.41, 5.74) is 5.84. The van der Waals surface area contributed by atoms with E-state index in [0.717, 1.165) is 18.2 Å². The molecule has 0 aliphatic carbocycles. The molecule has 0 unspecified atom stereocenters. The monoisotopic (exact) mass is 404 g/mol. The van der Waals surface area contributed by atoms with Gasteiger partial charge in [-0.25, -0.2) is 22.0 Å². The number of hydrogen-bond acceptors (Lipinski definition) is 5. The summed E-state index contributed by atoms with van der Waals surface area (Å²) in [6.45, 7) is 5.30. The van der Waals surface area contributed by atoms with Crippen molar-refractivity contribution in [2.24, 2.45) is 10.9 Å². The molecule has 1 amide bonds. The maximum atomic E-state index is 13.1. The molecule has 7 nitrogen and oxygen atoms in total. The minimum atomic E-state index is -4.44. The molecule has 0 aliphatic rings. The van der Waals surface area contributed by atoms with Gasteiger partial charge in [-0.1, -0.05) is 30.6 Å². The number of benzene rings is 2. The average molecular weight is 404 g/mol. The quantitative estimate of drug-likeness (QED) is 0.738. The van der Waals surface area contributed by atoms with Crippen LogP contribution in [0.25, 0.3) is 0 Å². The van der Waals surface area contributed by atoms with E-state index in [1.165, 1.54) is 24.3 Å². The van der Waals surface area contributed by atoms with E-state index in [0.29, 0.717) is 5.57 Å². The molecule has 0 aliphatic heterocycles. The first-order valence-corrected chi connectivity index (χ1v) is 10.5. The fourth-order valence-electron chi connectivity index (χ4n) is 2.23. The molecule has 2 rings (SSSR count). The van der Waals surface area contributed by atoms with Crippen LogP contribution in [0.5, 0.6) is 0 Å². The summed E-state index contributed by atoms with van der Waals surface area (Å²) < 4.78 is 49.8. The Bertz CT molecular complexity index is 1220. The van der Waals surface area contributed by atoms with Crippen molar-refractivity contribution in [3.8, 4) is 11.8 Å². The third kappa shape index (κ3) is 4.43. The van der Waals surface area contributed by atoms with Gasteiger partial charge in [-0.15, -0.1) is 0 Å². The Labute approximate surface area is 157 Å². The van der Waals surface area contributed by atoms with Crippen LogP contribution < -0.4 is 10.9 Å². The third-order valence-electron chi connectivity index (χ3n) is 3.40. The Morgan fingerprint density at radius 3 is 2.11 bits per heavy atom. The van der Waals surface area contributed by atoms with E-state index in [-0.39, 0.29) is 11.1 Å². The Balaban J connectivity index is 2.84. The molecule has 0 fully saturated rings. The van der Waals surface area contributed by atoms with E-state index in [1.807, 2.05) is 0 Å². The van der Waals surface area contributed by atoms with Gasteiger partial charge in [-0.3, -0.25) is 4.79 Å². The standard InChI is InChI=1S/C18H16N2O5S2/c1-12(2)7-8-13-9-10-14(18(19)21)17(11-13)26(22,23)15-5-3-4-6-16(15)27(20,24)25/h3-6,9-11H,1H2,2H3,(H2,19,21)(H2,20,24,25). The summed E-state index contributed by atoms with van der Waals surface area (Å²) in [4.78, 5) is 10.1. The summed E-state index contributed by atoms with van der Waals surface area (Å²) in [5.74, 6) is 4.42. The van der Waals surface area contributed by atoms with Crippen LogP contribution in [0.4, 0.5) is 0 Å². The normalized spacial score (nSPS) is 11.3. The van der Waals surface area contributed by atoms with Crippen LogP contribution in [-0.2, 0) is 19.9 Å². The number of primary amides is 1. The molecule has 4 N–H and O–H groups in total. The lowest BCUT2D eigenvalue weighted by molar-refractivity contribution is 0.0997. The summed E-state index contributed by atoms with van der Waals surface area (Å²) in [7, 11) is -8.76. The van der Waals surface area contributed by atoms with Gasteiger partial charge in [0.25, 0.3) is 0 Å². The summed E-state index contributed by atoms with van der Waals surface area (Å²) in [6.07, 6.45) is 0. The topological polar surface area (TPSA) is 137 Å². The molecule has 2 aromatic carbocycles. The number of carbonyl (C=O) groups is 1. The van der Waals surface area contributed by atoms with Crippen LogP contribution in [0.15, 0.2) is 69.3 Å². The lowest BCUT2D eigenvalue weighted by atomic mass is 10.1. The van der Waals surface area contributed by atoms with Crippen molar-refractivity contribution in [2.75, 3.05) is 0 Å². The number of sulfone groups is 1. The van der Waals surface area contributed by atoms with E-state index >= 15 is 0 Å². The average Bonchev–Trinajstić information content (AvgIpc) is 2.58. The minimum Gasteiger partial charge on any atom is -0.366 e. The highest BCUT2D eigenvalue weighted by Gasteiger charge is 2.29. The molecule has 2 aromatic rings. The summed E-state index contributed by atoms with van der Waals surface area (Å²) in [5, 5.41) is 5.13. The first-order valence-electron chi connectivity index (χ1n) is 7.43. The van der Waals surface area contributed by atoms with Gasteiger partial charge in [0.1, 0.15) is 4.90 Å². The van der Waals surface area contributed by atoms with Gasteiger partial charge in [0, 0.05) is 5.56 Å². The molecule has 0 radical (unpaired) electrons. The first-order chi connectivity index (χ1) is 12.4. The predicted molar refractivity (Wildman–Crippen MR) is 99.9 cm³/mol. The predicted octanol–water partition coefficient (Wildman–Crippen LogP) is 1.19. The fraction of sp³-hybridized carbons (Fsp3) is 0.0556. The zero-order valence-corrected chi connectivity index (χ0v) is 15.9. The molecule has 0 aromatic heterocycles. The van der Waals surface area contributed by atoms with E-state index in [4.69, 9.17) is 10.9 Å². The summed E-state index contributed by atoms with van der Waals surface area (Å²) >= 11 is 0.